The van der Waals surface area contributed by atoms with Crippen LogP contribution in [0.1, 0.15) is 37.4 Å². The van der Waals surface area contributed by atoms with Crippen molar-refractivity contribution in [1.29, 1.82) is 0 Å². The summed E-state index contributed by atoms with van der Waals surface area (Å²) in [7, 11) is 0. The molecule has 0 saturated heterocycles. The van der Waals surface area contributed by atoms with Crippen molar-refractivity contribution in [3.63, 3.8) is 0 Å². The third kappa shape index (κ3) is 3.22. The fourth-order valence-corrected chi connectivity index (χ4v) is 2.06. The first-order valence-electron chi connectivity index (χ1n) is 6.41. The van der Waals surface area contributed by atoms with E-state index >= 15 is 0 Å². The van der Waals surface area contributed by atoms with E-state index in [1.807, 2.05) is 30.5 Å². The predicted octanol–water partition coefficient (Wildman–Crippen LogP) is 3.01. The van der Waals surface area contributed by atoms with E-state index in [9.17, 15) is 4.79 Å². The van der Waals surface area contributed by atoms with E-state index in [1.165, 1.54) is 0 Å². The summed E-state index contributed by atoms with van der Waals surface area (Å²) in [6.45, 7) is 4.25. The Bertz CT molecular complexity index is 573. The Labute approximate surface area is 112 Å². The van der Waals surface area contributed by atoms with Crippen LogP contribution >= 0.6 is 0 Å². The van der Waals surface area contributed by atoms with Gasteiger partial charge in [0.25, 0.3) is 0 Å². The van der Waals surface area contributed by atoms with Gasteiger partial charge in [-0.05, 0) is 30.0 Å². The normalized spacial score (nSPS) is 10.9. The van der Waals surface area contributed by atoms with E-state index in [0.717, 1.165) is 16.9 Å². The molecule has 19 heavy (non-hydrogen) atoms. The summed E-state index contributed by atoms with van der Waals surface area (Å²) in [6.07, 6.45) is 4.37. The Morgan fingerprint density at radius 3 is 2.89 bits per heavy atom. The van der Waals surface area contributed by atoms with Gasteiger partial charge in [0.2, 0.25) is 0 Å². The van der Waals surface area contributed by atoms with Crippen LogP contribution in [-0.2, 0) is 11.2 Å². The quantitative estimate of drug-likeness (QED) is 0.896. The molecule has 0 unspecified atom stereocenters. The van der Waals surface area contributed by atoms with Gasteiger partial charge in [0.15, 0.2) is 0 Å². The summed E-state index contributed by atoms with van der Waals surface area (Å²) in [5.41, 5.74) is 3.21. The summed E-state index contributed by atoms with van der Waals surface area (Å²) in [5.74, 6) is -0.374. The third-order valence-electron chi connectivity index (χ3n) is 3.07. The monoisotopic (exact) mass is 258 g/mol. The largest absolute Gasteiger partial charge is 0.481 e. The van der Waals surface area contributed by atoms with Crippen LogP contribution in [0.5, 0.6) is 0 Å². The molecule has 100 valence electrons. The molecular weight excluding hydrogens is 240 g/mol. The lowest BCUT2D eigenvalue weighted by molar-refractivity contribution is -0.136. The highest BCUT2D eigenvalue weighted by Gasteiger charge is 2.08. The minimum absolute atomic E-state index is 0.157. The number of hydrogen-bond donors (Lipinski definition) is 1. The number of hydrogen-bond acceptors (Lipinski definition) is 2. The van der Waals surface area contributed by atoms with Gasteiger partial charge < -0.3 is 9.67 Å². The molecule has 0 saturated carbocycles. The number of aryl methyl sites for hydroxylation is 1. The molecule has 1 aromatic carbocycles. The van der Waals surface area contributed by atoms with Gasteiger partial charge in [0.05, 0.1) is 6.33 Å². The molecule has 0 bridgehead atoms. The highest BCUT2D eigenvalue weighted by Crippen LogP contribution is 2.19. The predicted molar refractivity (Wildman–Crippen MR) is 73.6 cm³/mol. The molecule has 0 amide bonds. The van der Waals surface area contributed by atoms with Crippen LogP contribution in [0.3, 0.4) is 0 Å². The van der Waals surface area contributed by atoms with Crippen molar-refractivity contribution in [3.05, 3.63) is 48.0 Å². The Balaban J connectivity index is 2.27. The zero-order chi connectivity index (χ0) is 13.8. The molecule has 2 rings (SSSR count). The number of carbonyl (C=O) groups is 1. The first-order valence-corrected chi connectivity index (χ1v) is 6.41. The third-order valence-corrected chi connectivity index (χ3v) is 3.07. The van der Waals surface area contributed by atoms with Crippen molar-refractivity contribution in [2.75, 3.05) is 0 Å². The van der Waals surface area contributed by atoms with Crippen molar-refractivity contribution < 1.29 is 9.90 Å². The molecule has 0 aliphatic rings. The number of benzene rings is 1. The van der Waals surface area contributed by atoms with E-state index in [0.29, 0.717) is 12.3 Å². The van der Waals surface area contributed by atoms with Gasteiger partial charge in [-0.15, -0.1) is 0 Å². The number of aromatic nitrogens is 2. The highest BCUT2D eigenvalue weighted by atomic mass is 16.4. The van der Waals surface area contributed by atoms with Crippen LogP contribution in [0.2, 0.25) is 0 Å². The van der Waals surface area contributed by atoms with Gasteiger partial charge in [-0.2, -0.15) is 0 Å². The zero-order valence-electron chi connectivity index (χ0n) is 11.2. The van der Waals surface area contributed by atoms with Gasteiger partial charge in [-0.25, -0.2) is 4.98 Å². The van der Waals surface area contributed by atoms with E-state index in [-0.39, 0.29) is 6.42 Å². The Hall–Kier alpha value is -2.10. The highest BCUT2D eigenvalue weighted by molar-refractivity contribution is 5.67. The van der Waals surface area contributed by atoms with Gasteiger partial charge in [0.1, 0.15) is 0 Å². The van der Waals surface area contributed by atoms with Crippen molar-refractivity contribution in [3.8, 4) is 5.69 Å². The standard InChI is InChI=1S/C15H18N2O2/c1-11(2)14-9-16-10-17(14)13-5-3-4-12(8-13)6-7-15(18)19/h3-5,8-11H,6-7H2,1-2H3,(H,18,19). The molecule has 4 nitrogen and oxygen atoms in total. The maximum atomic E-state index is 10.6. The maximum absolute atomic E-state index is 10.6. The van der Waals surface area contributed by atoms with Crippen LogP contribution < -0.4 is 0 Å². The molecule has 4 heteroatoms. The number of aliphatic carboxylic acids is 1. The van der Waals surface area contributed by atoms with Crippen molar-refractivity contribution in [2.24, 2.45) is 0 Å². The lowest BCUT2D eigenvalue weighted by atomic mass is 10.1. The number of carboxylic acids is 1. The first-order chi connectivity index (χ1) is 9.08. The van der Waals surface area contributed by atoms with Crippen LogP contribution in [0.25, 0.3) is 5.69 Å². The number of imidazole rings is 1. The Morgan fingerprint density at radius 1 is 1.42 bits per heavy atom. The summed E-state index contributed by atoms with van der Waals surface area (Å²) in [5, 5.41) is 8.73. The average molecular weight is 258 g/mol. The van der Waals surface area contributed by atoms with Gasteiger partial charge in [-0.1, -0.05) is 26.0 Å². The summed E-state index contributed by atoms with van der Waals surface area (Å²) >= 11 is 0. The summed E-state index contributed by atoms with van der Waals surface area (Å²) in [6, 6.07) is 7.95. The minimum Gasteiger partial charge on any atom is -0.481 e. The smallest absolute Gasteiger partial charge is 0.303 e. The molecule has 0 atom stereocenters. The zero-order valence-corrected chi connectivity index (χ0v) is 11.2. The Kier molecular flexibility index (Phi) is 4.00. The second-order valence-electron chi connectivity index (χ2n) is 4.91. The van der Waals surface area contributed by atoms with Crippen LogP contribution in [0, 0.1) is 0 Å². The van der Waals surface area contributed by atoms with Crippen molar-refractivity contribution >= 4 is 5.97 Å². The fourth-order valence-electron chi connectivity index (χ4n) is 2.06. The minimum atomic E-state index is -0.768. The van der Waals surface area contributed by atoms with Crippen molar-refractivity contribution in [1.82, 2.24) is 9.55 Å². The second kappa shape index (κ2) is 5.69. The molecular formula is C15H18N2O2. The van der Waals surface area contributed by atoms with Gasteiger partial charge in [-0.3, -0.25) is 4.79 Å². The van der Waals surface area contributed by atoms with E-state index in [1.54, 1.807) is 6.33 Å². The van der Waals surface area contributed by atoms with E-state index in [4.69, 9.17) is 5.11 Å². The molecule has 0 radical (unpaired) electrons. The lowest BCUT2D eigenvalue weighted by Gasteiger charge is -2.11. The average Bonchev–Trinajstić information content (AvgIpc) is 2.86. The number of carboxylic acid groups (broad SMARTS) is 1. The Morgan fingerprint density at radius 2 is 2.21 bits per heavy atom. The molecule has 1 N–H and O–H groups in total. The van der Waals surface area contributed by atoms with Crippen LogP contribution in [0.4, 0.5) is 0 Å². The van der Waals surface area contributed by atoms with Gasteiger partial charge >= 0.3 is 5.97 Å². The van der Waals surface area contributed by atoms with Crippen LogP contribution in [-0.4, -0.2) is 20.6 Å². The number of rotatable bonds is 5. The molecule has 2 aromatic rings. The molecule has 1 heterocycles. The number of nitrogens with zero attached hydrogens (tertiary/aromatic N) is 2. The van der Waals surface area contributed by atoms with Gasteiger partial charge in [0, 0.05) is 24.0 Å². The summed E-state index contributed by atoms with van der Waals surface area (Å²) in [4.78, 5) is 14.8. The maximum Gasteiger partial charge on any atom is 0.303 e. The first kappa shape index (κ1) is 13.3. The molecule has 1 aromatic heterocycles. The molecule has 0 aliphatic carbocycles. The SMILES string of the molecule is CC(C)c1cncn1-c1cccc(CCC(=O)O)c1. The van der Waals surface area contributed by atoms with E-state index in [2.05, 4.69) is 23.4 Å². The molecule has 0 aliphatic heterocycles. The lowest BCUT2D eigenvalue weighted by Crippen LogP contribution is -2.02. The molecule has 0 fully saturated rings. The molecule has 0 spiro atoms. The fraction of sp³-hybridized carbons (Fsp3) is 0.333. The second-order valence-corrected chi connectivity index (χ2v) is 4.91. The topological polar surface area (TPSA) is 55.1 Å². The van der Waals surface area contributed by atoms with E-state index < -0.39 is 5.97 Å². The summed E-state index contributed by atoms with van der Waals surface area (Å²) < 4.78 is 2.05. The van der Waals surface area contributed by atoms with Crippen molar-refractivity contribution in [2.45, 2.75) is 32.6 Å². The van der Waals surface area contributed by atoms with Crippen LogP contribution in [0.15, 0.2) is 36.8 Å².